The molecule has 16 atom stereocenters. The Morgan fingerprint density at radius 3 is 1.44 bits per heavy atom. The van der Waals surface area contributed by atoms with Gasteiger partial charge in [-0.15, -0.1) is 0 Å². The van der Waals surface area contributed by atoms with Crippen molar-refractivity contribution >= 4 is 46.5 Å². The number of unbranched alkanes of at least 4 members (excludes halogenated alkanes) is 1. The molecular weight excluding hydrogens is 889 g/mol. The number of nitrogens with zero attached hydrogens (tertiary/aromatic N) is 2. The number of Topliss-reactive ketones (excluding diaryl/α,β-unsaturated/α-hetero) is 4. The number of fused-ring (bicyclic) bond motifs is 6. The molecule has 0 bridgehead atoms. The van der Waals surface area contributed by atoms with Gasteiger partial charge in [0.1, 0.15) is 34.9 Å². The van der Waals surface area contributed by atoms with Gasteiger partial charge in [-0.25, -0.2) is 0 Å². The lowest BCUT2D eigenvalue weighted by molar-refractivity contribution is -0.199. The van der Waals surface area contributed by atoms with Gasteiger partial charge in [0, 0.05) is 46.9 Å². The van der Waals surface area contributed by atoms with E-state index in [4.69, 9.17) is 16.2 Å². The minimum absolute atomic E-state index is 0.0206. The predicted molar refractivity (Wildman–Crippen MR) is 239 cm³/mol. The summed E-state index contributed by atoms with van der Waals surface area (Å²) in [5.41, 5.74) is 5.61. The van der Waals surface area contributed by atoms with Gasteiger partial charge in [0.2, 0.25) is 23.4 Å². The van der Waals surface area contributed by atoms with E-state index < -0.39 is 147 Å². The summed E-state index contributed by atoms with van der Waals surface area (Å²) in [6.45, 7) is 5.86. The Hall–Kier alpha value is -5.58. The Labute approximate surface area is 391 Å². The number of amides is 2. The quantitative estimate of drug-likeness (QED) is 0.109. The summed E-state index contributed by atoms with van der Waals surface area (Å²) < 4.78 is 5.87. The van der Waals surface area contributed by atoms with Crippen LogP contribution in [0.1, 0.15) is 67.7 Å². The van der Waals surface area contributed by atoms with Crippen LogP contribution in [0.25, 0.3) is 11.5 Å². The molecule has 0 spiro atoms. The van der Waals surface area contributed by atoms with Crippen molar-refractivity contribution in [3.63, 3.8) is 0 Å². The SMILES string of the molecule is CCCCOc1cccc2c1C(O)=C1C(=O)[C@]3(O)C(=O)C(C(N)=O)C(O)[C@@H](N(C)C)[C@@H]3[C@@H](O)[C@@H]1[C@H]2C.C[C@H]1c2cccc(O)c2C(O)=C2C(=O)[C@]3(O)C(=O)C(C(N)=O)C(O)[C@@H](N(C)C)[C@@H]3[C@@H](O)[C@@H]21. The molecule has 8 rings (SSSR count). The second-order valence-electron chi connectivity index (χ2n) is 19.4. The van der Waals surface area contributed by atoms with Crippen LogP contribution in [-0.4, -0.2) is 173 Å². The van der Waals surface area contributed by atoms with Crippen LogP contribution in [0.3, 0.4) is 0 Å². The highest BCUT2D eigenvalue weighted by atomic mass is 16.5. The summed E-state index contributed by atoms with van der Waals surface area (Å²) in [4.78, 5) is 81.3. The maximum absolute atomic E-state index is 14.0. The molecule has 13 N–H and O–H groups in total. The zero-order valence-electron chi connectivity index (χ0n) is 38.6. The number of aliphatic hydroxyl groups excluding tert-OH is 6. The van der Waals surface area contributed by atoms with Crippen LogP contribution in [0.5, 0.6) is 11.5 Å². The number of likely N-dealkylation sites (N-methyl/N-ethyl adjacent to an activating group) is 2. The van der Waals surface area contributed by atoms with Crippen molar-refractivity contribution in [3.05, 3.63) is 69.8 Å². The van der Waals surface area contributed by atoms with E-state index in [9.17, 15) is 74.7 Å². The molecule has 2 aromatic carbocycles. The summed E-state index contributed by atoms with van der Waals surface area (Å²) in [5.74, 6) is -18.2. The molecule has 0 aromatic heterocycles. The Balaban J connectivity index is 0.000000203. The van der Waals surface area contributed by atoms with Gasteiger partial charge in [0.25, 0.3) is 0 Å². The van der Waals surface area contributed by atoms with Gasteiger partial charge in [0.05, 0.1) is 42.1 Å². The number of nitrogens with two attached hydrogens (primary N) is 2. The van der Waals surface area contributed by atoms with Gasteiger partial charge >= 0.3 is 0 Å². The Morgan fingerprint density at radius 2 is 1.04 bits per heavy atom. The molecule has 20 nitrogen and oxygen atoms in total. The molecular formula is C48H60N4O16. The number of rotatable bonds is 8. The van der Waals surface area contributed by atoms with Gasteiger partial charge < -0.3 is 72.0 Å². The summed E-state index contributed by atoms with van der Waals surface area (Å²) in [5, 5.41) is 101. The molecule has 20 heteroatoms. The summed E-state index contributed by atoms with van der Waals surface area (Å²) in [7, 11) is 6.11. The van der Waals surface area contributed by atoms with Crippen molar-refractivity contribution in [1.82, 2.24) is 9.80 Å². The molecule has 6 aliphatic rings. The van der Waals surface area contributed by atoms with Crippen LogP contribution in [-0.2, 0) is 28.8 Å². The molecule has 2 amide bonds. The highest BCUT2D eigenvalue weighted by Crippen LogP contribution is 2.57. The van der Waals surface area contributed by atoms with E-state index >= 15 is 0 Å². The molecule has 0 radical (unpaired) electrons. The molecule has 0 aliphatic heterocycles. The van der Waals surface area contributed by atoms with Crippen molar-refractivity contribution in [2.24, 2.45) is 47.0 Å². The fourth-order valence-electron chi connectivity index (χ4n) is 12.3. The van der Waals surface area contributed by atoms with Crippen molar-refractivity contribution < 1.29 is 79.5 Å². The first-order chi connectivity index (χ1) is 31.8. The minimum Gasteiger partial charge on any atom is -0.507 e. The number of phenolic OH excluding ortho intramolecular Hbond substituents is 1. The lowest BCUT2D eigenvalue weighted by Crippen LogP contribution is -2.76. The van der Waals surface area contributed by atoms with E-state index in [1.807, 2.05) is 6.92 Å². The highest BCUT2D eigenvalue weighted by molar-refractivity contribution is 6.26. The number of benzene rings is 2. The first kappa shape index (κ1) is 50.3. The number of hydrogen-bond acceptors (Lipinski definition) is 18. The number of aromatic hydroxyl groups is 1. The fraction of sp³-hybridized carbons (Fsp3) is 0.542. The third-order valence-electron chi connectivity index (χ3n) is 15.5. The Morgan fingerprint density at radius 1 is 0.647 bits per heavy atom. The first-order valence-corrected chi connectivity index (χ1v) is 22.5. The maximum Gasteiger partial charge on any atom is 0.230 e. The second kappa shape index (κ2) is 17.7. The molecule has 368 valence electrons. The number of carbonyl (C=O) groups excluding carboxylic acids is 6. The van der Waals surface area contributed by atoms with E-state index in [1.54, 1.807) is 58.3 Å². The largest absolute Gasteiger partial charge is 0.507 e. The molecule has 2 aromatic rings. The van der Waals surface area contributed by atoms with Crippen molar-refractivity contribution in [2.45, 2.75) is 93.2 Å². The third-order valence-corrected chi connectivity index (χ3v) is 15.5. The van der Waals surface area contributed by atoms with Gasteiger partial charge in [0.15, 0.2) is 22.8 Å². The Bertz CT molecular complexity index is 2540. The second-order valence-corrected chi connectivity index (χ2v) is 19.4. The number of carbonyl (C=O) groups is 6. The normalized spacial score (nSPS) is 37.3. The van der Waals surface area contributed by atoms with Crippen LogP contribution < -0.4 is 16.2 Å². The lowest BCUT2D eigenvalue weighted by Gasteiger charge is -2.56. The standard InChI is InChI=1S/C26H34N2O8.C22H26N2O8/c1-5-6-10-36-13-9-7-8-12-11(2)14-16(20(29)15(12)13)23(32)26(35)18(21(14)30)19(28(3)4)22(31)17(24(26)33)25(27)34;1-7-8-5-4-6-9(25)11(8)16(26)12-10(7)17(27)14-15(24(2)3)18(28)13(21(23)31)20(30)22(14,32)19(12)29/h7-9,11,14,17-19,21-22,29-31,35H,5-6,10H2,1-4H3,(H2,27,34);4-7,10,13-15,17-18,25-28,32H,1-3H3,(H2,23,31)/t11-,14+,17?,18+,19-,21-,22?,26-;7-,10+,13?,14+,15-,17-,18?,22-/m00/s1. The van der Waals surface area contributed by atoms with Crippen LogP contribution in [0.4, 0.5) is 0 Å². The van der Waals surface area contributed by atoms with E-state index in [0.29, 0.717) is 23.5 Å². The lowest BCUT2D eigenvalue weighted by atomic mass is 9.52. The number of ketones is 4. The van der Waals surface area contributed by atoms with Crippen LogP contribution in [0.2, 0.25) is 0 Å². The van der Waals surface area contributed by atoms with Gasteiger partial charge in [-0.1, -0.05) is 51.5 Å². The third kappa shape index (κ3) is 6.93. The molecule has 4 saturated carbocycles. The van der Waals surface area contributed by atoms with E-state index in [-0.39, 0.29) is 22.4 Å². The average Bonchev–Trinajstić information content (AvgIpc) is 3.26. The van der Waals surface area contributed by atoms with Crippen LogP contribution in [0.15, 0.2) is 47.5 Å². The fourth-order valence-corrected chi connectivity index (χ4v) is 12.3. The zero-order chi connectivity index (χ0) is 50.5. The number of aliphatic hydroxyl groups is 8. The zero-order valence-corrected chi connectivity index (χ0v) is 38.6. The van der Waals surface area contributed by atoms with E-state index in [0.717, 1.165) is 12.8 Å². The Kier molecular flexibility index (Phi) is 13.1. The number of hydrogen-bond donors (Lipinski definition) is 11. The molecule has 6 aliphatic carbocycles. The van der Waals surface area contributed by atoms with Crippen molar-refractivity contribution in [1.29, 1.82) is 0 Å². The first-order valence-electron chi connectivity index (χ1n) is 22.5. The molecule has 4 unspecified atom stereocenters. The molecule has 0 saturated heterocycles. The average molecular weight is 949 g/mol. The highest BCUT2D eigenvalue weighted by Gasteiger charge is 2.73. The van der Waals surface area contributed by atoms with Gasteiger partial charge in [-0.3, -0.25) is 28.8 Å². The van der Waals surface area contributed by atoms with Gasteiger partial charge in [-0.05, 0) is 69.7 Å². The number of primary amides is 2. The van der Waals surface area contributed by atoms with Crippen LogP contribution >= 0.6 is 0 Å². The van der Waals surface area contributed by atoms with Crippen molar-refractivity contribution in [2.75, 3.05) is 34.8 Å². The monoisotopic (exact) mass is 948 g/mol. The van der Waals surface area contributed by atoms with E-state index in [2.05, 4.69) is 0 Å². The topological polar surface area (TPSA) is 352 Å². The number of phenols is 1. The molecule has 4 fully saturated rings. The molecule has 68 heavy (non-hydrogen) atoms. The predicted octanol–water partition coefficient (Wildman–Crippen LogP) is -1.21. The molecule has 0 heterocycles. The van der Waals surface area contributed by atoms with Crippen molar-refractivity contribution in [3.8, 4) is 11.5 Å². The summed E-state index contributed by atoms with van der Waals surface area (Å²) >= 11 is 0. The number of ether oxygens (including phenoxy) is 1. The van der Waals surface area contributed by atoms with Gasteiger partial charge in [-0.2, -0.15) is 0 Å². The van der Waals surface area contributed by atoms with Crippen LogP contribution in [0, 0.1) is 35.5 Å². The summed E-state index contributed by atoms with van der Waals surface area (Å²) in [6, 6.07) is 7.38. The summed E-state index contributed by atoms with van der Waals surface area (Å²) in [6.07, 6.45) is -4.73. The van der Waals surface area contributed by atoms with E-state index in [1.165, 1.54) is 30.0 Å². The maximum atomic E-state index is 14.0. The minimum atomic E-state index is -2.91. The smallest absolute Gasteiger partial charge is 0.230 e.